The maximum atomic E-state index is 9.97. The van der Waals surface area contributed by atoms with Crippen LogP contribution in [-0.4, -0.2) is 41.4 Å². The molecule has 0 aromatic heterocycles. The molecule has 0 amide bonds. The van der Waals surface area contributed by atoms with Crippen molar-refractivity contribution in [1.82, 2.24) is 0 Å². The molecule has 0 aromatic rings. The average Bonchev–Trinajstić information content (AvgIpc) is 2.15. The summed E-state index contributed by atoms with van der Waals surface area (Å²) < 4.78 is 4.66. The fourth-order valence-corrected chi connectivity index (χ4v) is 0.746. The fraction of sp³-hybridized carbons (Fsp3) is 0.800. The van der Waals surface area contributed by atoms with E-state index in [1.54, 1.807) is 0 Å². The highest BCUT2D eigenvalue weighted by Crippen LogP contribution is 2.11. The molecule has 0 saturated carbocycles. The molecule has 0 aromatic carbocycles. The van der Waals surface area contributed by atoms with Crippen LogP contribution in [0.25, 0.3) is 0 Å². The van der Waals surface area contributed by atoms with Crippen LogP contribution in [-0.2, 0) is 9.53 Å². The molecule has 4 heteroatoms. The first kappa shape index (κ1) is 6.67. The normalized spacial score (nSPS) is 43.1. The quantitative estimate of drug-likeness (QED) is 0.417. The Morgan fingerprint density at radius 3 is 2.44 bits per heavy atom. The first-order valence-electron chi connectivity index (χ1n) is 2.68. The van der Waals surface area contributed by atoms with Crippen LogP contribution in [0.15, 0.2) is 0 Å². The minimum absolute atomic E-state index is 0.0462. The van der Waals surface area contributed by atoms with Gasteiger partial charge < -0.3 is 19.7 Å². The molecule has 1 rings (SSSR count). The van der Waals surface area contributed by atoms with Gasteiger partial charge in [0.15, 0.2) is 6.29 Å². The summed E-state index contributed by atoms with van der Waals surface area (Å²) in [6.45, 7) is 0.0462. The lowest BCUT2D eigenvalue weighted by Crippen LogP contribution is -2.30. The molecule has 0 bridgehead atoms. The Kier molecular flexibility index (Phi) is 1.80. The van der Waals surface area contributed by atoms with E-state index >= 15 is 0 Å². The zero-order chi connectivity index (χ0) is 6.85. The van der Waals surface area contributed by atoms with Gasteiger partial charge in [0, 0.05) is 0 Å². The molecule has 0 unspecified atom stereocenters. The summed E-state index contributed by atoms with van der Waals surface area (Å²) in [6.07, 6.45) is -2.29. The largest absolute Gasteiger partial charge is 0.388 e. The number of ether oxygens (including phenoxy) is 1. The standard InChI is InChI=1S/C5H8O4/c6-1-4-5(8)3(7)2-9-4/h1,3-5,7-8H,2H2/t3-,4-,5+/m1/s1. The molecule has 3 atom stereocenters. The van der Waals surface area contributed by atoms with Gasteiger partial charge in [-0.2, -0.15) is 0 Å². The van der Waals surface area contributed by atoms with Gasteiger partial charge in [-0.1, -0.05) is 0 Å². The van der Waals surface area contributed by atoms with Crippen LogP contribution in [0.4, 0.5) is 0 Å². The monoisotopic (exact) mass is 132 g/mol. The lowest BCUT2D eigenvalue weighted by molar-refractivity contribution is -0.119. The first-order chi connectivity index (χ1) is 4.25. The summed E-state index contributed by atoms with van der Waals surface area (Å²) in [6, 6.07) is 0. The van der Waals surface area contributed by atoms with Crippen molar-refractivity contribution in [2.75, 3.05) is 6.61 Å². The molecule has 0 spiro atoms. The molecule has 0 radical (unpaired) electrons. The van der Waals surface area contributed by atoms with Crippen molar-refractivity contribution in [2.24, 2.45) is 0 Å². The van der Waals surface area contributed by atoms with Crippen molar-refractivity contribution in [2.45, 2.75) is 18.3 Å². The maximum absolute atomic E-state index is 9.97. The predicted octanol–water partition coefficient (Wildman–Crippen LogP) is -1.69. The van der Waals surface area contributed by atoms with E-state index in [0.29, 0.717) is 6.29 Å². The molecule has 2 N–H and O–H groups in total. The molecule has 52 valence electrons. The van der Waals surface area contributed by atoms with Gasteiger partial charge in [-0.15, -0.1) is 0 Å². The minimum atomic E-state index is -1.04. The molecule has 1 heterocycles. The van der Waals surface area contributed by atoms with Crippen LogP contribution in [0.2, 0.25) is 0 Å². The number of aliphatic hydroxyl groups is 2. The van der Waals surface area contributed by atoms with Gasteiger partial charge in [-0.05, 0) is 0 Å². The van der Waals surface area contributed by atoms with E-state index in [9.17, 15) is 4.79 Å². The number of rotatable bonds is 1. The Morgan fingerprint density at radius 1 is 1.56 bits per heavy atom. The van der Waals surface area contributed by atoms with E-state index in [4.69, 9.17) is 10.2 Å². The number of hydrogen-bond acceptors (Lipinski definition) is 4. The molecule has 4 nitrogen and oxygen atoms in total. The van der Waals surface area contributed by atoms with Crippen LogP contribution in [0.1, 0.15) is 0 Å². The Balaban J connectivity index is 2.50. The van der Waals surface area contributed by atoms with Gasteiger partial charge in [0.25, 0.3) is 0 Å². The highest BCUT2D eigenvalue weighted by Gasteiger charge is 2.33. The second kappa shape index (κ2) is 2.43. The van der Waals surface area contributed by atoms with Gasteiger partial charge in [-0.25, -0.2) is 0 Å². The number of aliphatic hydroxyl groups excluding tert-OH is 2. The number of hydrogen-bond donors (Lipinski definition) is 2. The van der Waals surface area contributed by atoms with Gasteiger partial charge >= 0.3 is 0 Å². The highest BCUT2D eigenvalue weighted by molar-refractivity contribution is 5.57. The second-order valence-corrected chi connectivity index (χ2v) is 1.99. The number of carbonyl (C=O) groups excluding carboxylic acids is 1. The van der Waals surface area contributed by atoms with Crippen molar-refractivity contribution < 1.29 is 19.7 Å². The summed E-state index contributed by atoms with van der Waals surface area (Å²) in [4.78, 5) is 9.97. The third-order valence-electron chi connectivity index (χ3n) is 1.32. The third-order valence-corrected chi connectivity index (χ3v) is 1.32. The summed E-state index contributed by atoms with van der Waals surface area (Å²) in [5.41, 5.74) is 0. The zero-order valence-electron chi connectivity index (χ0n) is 4.73. The Hall–Kier alpha value is -0.450. The maximum Gasteiger partial charge on any atom is 0.151 e. The van der Waals surface area contributed by atoms with Crippen molar-refractivity contribution in [3.05, 3.63) is 0 Å². The van der Waals surface area contributed by atoms with Gasteiger partial charge in [0.05, 0.1) is 6.61 Å². The Bertz CT molecular complexity index is 114. The van der Waals surface area contributed by atoms with E-state index in [2.05, 4.69) is 4.74 Å². The summed E-state index contributed by atoms with van der Waals surface area (Å²) in [7, 11) is 0. The van der Waals surface area contributed by atoms with Crippen molar-refractivity contribution >= 4 is 6.29 Å². The SMILES string of the molecule is O=C[C@H]1OC[C@@H](O)[C@@H]1O. The number of aldehydes is 1. The van der Waals surface area contributed by atoms with E-state index < -0.39 is 18.3 Å². The molecule has 1 fully saturated rings. The van der Waals surface area contributed by atoms with Crippen molar-refractivity contribution in [1.29, 1.82) is 0 Å². The summed E-state index contributed by atoms with van der Waals surface area (Å²) in [5.74, 6) is 0. The molecular formula is C5H8O4. The van der Waals surface area contributed by atoms with E-state index in [-0.39, 0.29) is 6.61 Å². The van der Waals surface area contributed by atoms with Crippen molar-refractivity contribution in [3.8, 4) is 0 Å². The molecule has 1 aliphatic heterocycles. The minimum Gasteiger partial charge on any atom is -0.388 e. The van der Waals surface area contributed by atoms with Crippen LogP contribution in [0, 0.1) is 0 Å². The van der Waals surface area contributed by atoms with E-state index in [0.717, 1.165) is 0 Å². The van der Waals surface area contributed by atoms with Crippen LogP contribution >= 0.6 is 0 Å². The predicted molar refractivity (Wildman–Crippen MR) is 27.8 cm³/mol. The molecule has 9 heavy (non-hydrogen) atoms. The van der Waals surface area contributed by atoms with Crippen LogP contribution < -0.4 is 0 Å². The van der Waals surface area contributed by atoms with E-state index in [1.165, 1.54) is 0 Å². The smallest absolute Gasteiger partial charge is 0.151 e. The third kappa shape index (κ3) is 1.10. The van der Waals surface area contributed by atoms with Crippen LogP contribution in [0.3, 0.4) is 0 Å². The Labute approximate surface area is 52.1 Å². The van der Waals surface area contributed by atoms with Gasteiger partial charge in [0.2, 0.25) is 0 Å². The van der Waals surface area contributed by atoms with Crippen LogP contribution in [0.5, 0.6) is 0 Å². The number of carbonyl (C=O) groups is 1. The second-order valence-electron chi connectivity index (χ2n) is 1.99. The zero-order valence-corrected chi connectivity index (χ0v) is 4.73. The van der Waals surface area contributed by atoms with Gasteiger partial charge in [-0.3, -0.25) is 0 Å². The molecule has 0 aliphatic carbocycles. The fourth-order valence-electron chi connectivity index (χ4n) is 0.746. The molecule has 1 saturated heterocycles. The highest BCUT2D eigenvalue weighted by atomic mass is 16.5. The molecular weight excluding hydrogens is 124 g/mol. The Morgan fingerprint density at radius 2 is 2.22 bits per heavy atom. The lowest BCUT2D eigenvalue weighted by Gasteiger charge is -2.06. The molecule has 1 aliphatic rings. The van der Waals surface area contributed by atoms with Gasteiger partial charge in [0.1, 0.15) is 18.3 Å². The first-order valence-corrected chi connectivity index (χ1v) is 2.68. The topological polar surface area (TPSA) is 66.8 Å². The lowest BCUT2D eigenvalue weighted by atomic mass is 10.2. The average molecular weight is 132 g/mol. The summed E-state index contributed by atoms with van der Waals surface area (Å²) in [5, 5.41) is 17.6. The summed E-state index contributed by atoms with van der Waals surface area (Å²) >= 11 is 0. The van der Waals surface area contributed by atoms with E-state index in [1.807, 2.05) is 0 Å². The van der Waals surface area contributed by atoms with Crippen molar-refractivity contribution in [3.63, 3.8) is 0 Å².